The van der Waals surface area contributed by atoms with E-state index in [1.807, 2.05) is 0 Å². The van der Waals surface area contributed by atoms with Gasteiger partial charge in [-0.25, -0.2) is 14.0 Å². The van der Waals surface area contributed by atoms with Crippen molar-refractivity contribution in [3.63, 3.8) is 0 Å². The minimum atomic E-state index is -2.01. The Balaban J connectivity index is 1.06. The molecule has 15 unspecified atom stereocenters. The molecule has 0 bridgehead atoms. The second kappa shape index (κ2) is 24.0. The van der Waals surface area contributed by atoms with E-state index in [-0.39, 0.29) is 28.0 Å². The Bertz CT molecular complexity index is 3020. The minimum absolute atomic E-state index is 0.0863. The average Bonchev–Trinajstić information content (AvgIpc) is 3.54. The molecule has 0 spiro atoms. The van der Waals surface area contributed by atoms with Gasteiger partial charge >= 0.3 is 23.3 Å². The molecule has 0 amide bonds. The second-order valence-electron chi connectivity index (χ2n) is 18.0. The molecule has 5 aromatic rings. The maximum Gasteiger partial charge on any atom is 0.402 e. The van der Waals surface area contributed by atoms with Gasteiger partial charge in [-0.3, -0.25) is 0 Å². The Hall–Kier alpha value is -7.61. The van der Waals surface area contributed by atoms with E-state index in [4.69, 9.17) is 42.3 Å². The van der Waals surface area contributed by atoms with Crippen molar-refractivity contribution in [2.75, 3.05) is 19.8 Å². The number of carbonyl (C=O) groups is 2. The Morgan fingerprint density at radius 3 is 1.41 bits per heavy atom. The zero-order valence-corrected chi connectivity index (χ0v) is 40.2. The summed E-state index contributed by atoms with van der Waals surface area (Å²) in [6, 6.07) is 14.1. The van der Waals surface area contributed by atoms with Crippen molar-refractivity contribution in [1.29, 1.82) is 0 Å². The van der Waals surface area contributed by atoms with E-state index < -0.39 is 170 Å². The molecule has 0 radical (unpaired) electrons. The van der Waals surface area contributed by atoms with Crippen LogP contribution in [-0.4, -0.2) is 206 Å². The highest BCUT2D eigenvalue weighted by Gasteiger charge is 2.49. The lowest BCUT2D eigenvalue weighted by Gasteiger charge is -2.40. The molecular formula is C51H53O27+. The largest absolute Gasteiger partial charge is 0.507 e. The standard InChI is InChI=1S/C51H52O27/c52-17-34-39(61)42(64)45(67)51(76-34)75-33-16-24-30(14-23(53)15-31(24)73-49-46(68)43(65)40(62)35(77-49)18-70-37(59)9-3-20-1-6-25(54)28(57)11-20)72-48(33)22-5-8-27(56)32(13-22)74-50-47(69)44(66)41(63)36(78-50)19-71-38(60)10-4-21-2-7-26(55)29(58)12-21/h1-16,34-36,39-47,49-52,61-69H,17-19H2,(H5-,53,54,55,56,57,58,59,60)/p+1. The first-order valence-electron chi connectivity index (χ1n) is 23.5. The van der Waals surface area contributed by atoms with Gasteiger partial charge in [0.2, 0.25) is 24.6 Å². The first-order valence-corrected chi connectivity index (χ1v) is 23.5. The molecule has 4 aromatic carbocycles. The number of ether oxygens (including phenoxy) is 8. The summed E-state index contributed by atoms with van der Waals surface area (Å²) in [7, 11) is 0. The fourth-order valence-corrected chi connectivity index (χ4v) is 8.19. The van der Waals surface area contributed by atoms with Crippen molar-refractivity contribution in [2.45, 2.75) is 92.1 Å². The van der Waals surface area contributed by atoms with Crippen LogP contribution in [0.15, 0.2) is 89.4 Å². The van der Waals surface area contributed by atoms with Crippen LogP contribution in [0.2, 0.25) is 0 Å². The van der Waals surface area contributed by atoms with Crippen LogP contribution >= 0.6 is 0 Å². The molecule has 15 atom stereocenters. The van der Waals surface area contributed by atoms with Crippen LogP contribution < -0.4 is 14.2 Å². The van der Waals surface area contributed by atoms with E-state index in [0.29, 0.717) is 11.1 Å². The van der Waals surface area contributed by atoms with Gasteiger partial charge in [0.25, 0.3) is 0 Å². The van der Waals surface area contributed by atoms with Gasteiger partial charge in [0.15, 0.2) is 34.5 Å². The van der Waals surface area contributed by atoms with Crippen LogP contribution in [0.1, 0.15) is 11.1 Å². The van der Waals surface area contributed by atoms with Gasteiger partial charge in [-0.15, -0.1) is 0 Å². The Morgan fingerprint density at radius 1 is 0.474 bits per heavy atom. The van der Waals surface area contributed by atoms with Crippen LogP contribution in [-0.2, 0) is 33.3 Å². The minimum Gasteiger partial charge on any atom is -0.507 e. The quantitative estimate of drug-likeness (QED) is 0.0236. The third kappa shape index (κ3) is 12.5. The number of benzene rings is 4. The third-order valence-corrected chi connectivity index (χ3v) is 12.5. The zero-order valence-electron chi connectivity index (χ0n) is 40.2. The van der Waals surface area contributed by atoms with Gasteiger partial charge in [-0.1, -0.05) is 12.1 Å². The topological polar surface area (TPSA) is 443 Å². The average molecular weight is 1100 g/mol. The molecule has 0 aliphatic carbocycles. The molecule has 418 valence electrons. The monoisotopic (exact) mass is 1100 g/mol. The molecule has 3 aliphatic rings. The zero-order chi connectivity index (χ0) is 56.3. The lowest BCUT2D eigenvalue weighted by Crippen LogP contribution is -2.60. The van der Waals surface area contributed by atoms with Crippen molar-refractivity contribution in [1.82, 2.24) is 0 Å². The van der Waals surface area contributed by atoms with E-state index in [1.54, 1.807) is 0 Å². The van der Waals surface area contributed by atoms with Crippen molar-refractivity contribution < 1.29 is 134 Å². The summed E-state index contributed by atoms with van der Waals surface area (Å²) in [6.45, 7) is -2.30. The predicted molar refractivity (Wildman–Crippen MR) is 258 cm³/mol. The Kier molecular flexibility index (Phi) is 17.4. The van der Waals surface area contributed by atoms with Gasteiger partial charge < -0.3 is 120 Å². The Morgan fingerprint density at radius 2 is 0.923 bits per heavy atom. The lowest BCUT2D eigenvalue weighted by molar-refractivity contribution is -0.278. The van der Waals surface area contributed by atoms with Crippen molar-refractivity contribution >= 4 is 35.1 Å². The molecule has 8 rings (SSSR count). The molecule has 78 heavy (non-hydrogen) atoms. The van der Waals surface area contributed by atoms with Crippen LogP contribution in [0.3, 0.4) is 0 Å². The van der Waals surface area contributed by atoms with Crippen molar-refractivity contribution in [3.8, 4) is 63.1 Å². The molecule has 27 heteroatoms. The fraction of sp³-hybridized carbons (Fsp3) is 0.353. The predicted octanol–water partition coefficient (Wildman–Crippen LogP) is -1.32. The number of rotatable bonds is 16. The Labute approximate surface area is 438 Å². The van der Waals surface area contributed by atoms with Crippen LogP contribution in [0.25, 0.3) is 34.4 Å². The highest BCUT2D eigenvalue weighted by atomic mass is 16.7. The first kappa shape index (κ1) is 56.6. The summed E-state index contributed by atoms with van der Waals surface area (Å²) < 4.78 is 51.4. The van der Waals surface area contributed by atoms with Gasteiger partial charge in [0, 0.05) is 30.4 Å². The summed E-state index contributed by atoms with van der Waals surface area (Å²) in [6.07, 6.45) is -23.4. The van der Waals surface area contributed by atoms with E-state index in [9.17, 15) is 91.3 Å². The van der Waals surface area contributed by atoms with Gasteiger partial charge in [-0.2, -0.15) is 0 Å². The number of aliphatic hydroxyl groups is 10. The molecule has 16 N–H and O–H groups in total. The number of aromatic hydroxyl groups is 6. The number of phenolic OH excluding ortho intramolecular Hbond substituents is 6. The molecule has 0 saturated carbocycles. The molecule has 27 nitrogen and oxygen atoms in total. The van der Waals surface area contributed by atoms with E-state index in [0.717, 1.165) is 48.6 Å². The van der Waals surface area contributed by atoms with Gasteiger partial charge in [0.1, 0.15) is 103 Å². The number of aliphatic hydroxyl groups excluding tert-OH is 10. The maximum atomic E-state index is 12.6. The van der Waals surface area contributed by atoms with Gasteiger partial charge in [-0.05, 0) is 59.7 Å². The fourth-order valence-electron chi connectivity index (χ4n) is 8.19. The number of hydrogen-bond donors (Lipinski definition) is 16. The van der Waals surface area contributed by atoms with Crippen molar-refractivity contribution in [2.24, 2.45) is 0 Å². The first-order chi connectivity index (χ1) is 37.1. The van der Waals surface area contributed by atoms with Crippen LogP contribution in [0, 0.1) is 0 Å². The lowest BCUT2D eigenvalue weighted by atomic mass is 9.99. The summed E-state index contributed by atoms with van der Waals surface area (Å²) in [5.41, 5.74) is 0.267. The summed E-state index contributed by atoms with van der Waals surface area (Å²) in [4.78, 5) is 25.2. The van der Waals surface area contributed by atoms with Crippen LogP contribution in [0.5, 0.6) is 51.7 Å². The molecule has 1 aromatic heterocycles. The summed E-state index contributed by atoms with van der Waals surface area (Å²) in [5, 5.41) is 168. The van der Waals surface area contributed by atoms with Gasteiger partial charge in [0.05, 0.1) is 18.2 Å². The number of carbonyl (C=O) groups excluding carboxylic acids is 2. The molecular weight excluding hydrogens is 1040 g/mol. The van der Waals surface area contributed by atoms with Crippen LogP contribution in [0.4, 0.5) is 0 Å². The maximum absolute atomic E-state index is 12.6. The van der Waals surface area contributed by atoms with E-state index in [1.165, 1.54) is 48.6 Å². The third-order valence-electron chi connectivity index (χ3n) is 12.5. The molecule has 3 saturated heterocycles. The summed E-state index contributed by atoms with van der Waals surface area (Å²) in [5.74, 6) is -6.47. The number of phenols is 6. The molecule has 3 aliphatic heterocycles. The number of fused-ring (bicyclic) bond motifs is 1. The highest BCUT2D eigenvalue weighted by molar-refractivity contribution is 5.89. The van der Waals surface area contributed by atoms with E-state index >= 15 is 0 Å². The molecule has 3 fully saturated rings. The number of hydrogen-bond acceptors (Lipinski definition) is 26. The normalized spacial score (nSPS) is 29.3. The SMILES string of the molecule is O=C(C=Cc1ccc(O)c(O)c1)OCC1OC(Oc2cc(-c3[o+]c4cc(O)cc(OC5OC(COC(=O)C=Cc6ccc(O)c(O)c6)C(O)C(O)C5O)c4cc3OC3OC(CO)C(O)C(O)C3O)ccc2O)C(O)C(O)C1O. The summed E-state index contributed by atoms with van der Waals surface area (Å²) >= 11 is 0. The highest BCUT2D eigenvalue weighted by Crippen LogP contribution is 2.44. The van der Waals surface area contributed by atoms with Crippen molar-refractivity contribution in [3.05, 3.63) is 96.1 Å². The van der Waals surface area contributed by atoms with E-state index in [2.05, 4.69) is 0 Å². The number of esters is 2. The molecule has 4 heterocycles. The second-order valence-corrected chi connectivity index (χ2v) is 18.0. The smallest absolute Gasteiger partial charge is 0.402 e.